The van der Waals surface area contributed by atoms with Gasteiger partial charge in [0.1, 0.15) is 5.69 Å². The minimum atomic E-state index is -5.21. The number of hydrogen-bond acceptors (Lipinski definition) is 7. The van der Waals surface area contributed by atoms with Crippen LogP contribution in [0.25, 0.3) is 11.0 Å². The Morgan fingerprint density at radius 2 is 2.14 bits per heavy atom. The van der Waals surface area contributed by atoms with Crippen molar-refractivity contribution in [1.29, 1.82) is 0 Å². The molecule has 2 heterocycles. The minimum absolute atomic E-state index is 0.0941. The zero-order chi connectivity index (χ0) is 15.9. The molecular formula is C12H9FN2O6S. The molecule has 116 valence electrons. The van der Waals surface area contributed by atoms with Crippen LogP contribution in [0.4, 0.5) is 3.89 Å². The van der Waals surface area contributed by atoms with Gasteiger partial charge in [0.05, 0.1) is 5.92 Å². The number of nitrogens with one attached hydrogen (secondary N) is 1. The molecule has 2 aromatic rings. The van der Waals surface area contributed by atoms with Crippen LogP contribution in [0.2, 0.25) is 0 Å². The largest absolute Gasteiger partial charge is 0.488 e. The van der Waals surface area contributed by atoms with E-state index in [1.165, 1.54) is 18.2 Å². The van der Waals surface area contributed by atoms with Gasteiger partial charge in [0.15, 0.2) is 5.75 Å². The van der Waals surface area contributed by atoms with Crippen LogP contribution >= 0.6 is 0 Å². The smallest absolute Gasteiger partial charge is 0.354 e. The van der Waals surface area contributed by atoms with Crippen molar-refractivity contribution in [2.45, 2.75) is 18.8 Å². The third-order valence-corrected chi connectivity index (χ3v) is 3.63. The lowest BCUT2D eigenvalue weighted by molar-refractivity contribution is -0.134. The fourth-order valence-electron chi connectivity index (χ4n) is 2.33. The molecule has 1 aromatic carbocycles. The molecule has 1 atom stereocenters. The number of fused-ring (bicyclic) bond motifs is 1. The molecule has 1 fully saturated rings. The molecular weight excluding hydrogens is 319 g/mol. The van der Waals surface area contributed by atoms with E-state index in [2.05, 4.69) is 14.7 Å². The number of benzene rings is 1. The van der Waals surface area contributed by atoms with Gasteiger partial charge < -0.3 is 8.71 Å². The molecule has 3 rings (SSSR count). The van der Waals surface area contributed by atoms with Crippen molar-refractivity contribution in [3.05, 3.63) is 23.9 Å². The van der Waals surface area contributed by atoms with E-state index in [4.69, 9.17) is 4.52 Å². The molecule has 0 saturated carbocycles. The van der Waals surface area contributed by atoms with Gasteiger partial charge in [-0.3, -0.25) is 14.9 Å². The van der Waals surface area contributed by atoms with Gasteiger partial charge in [0.25, 0.3) is 0 Å². The van der Waals surface area contributed by atoms with Gasteiger partial charge >= 0.3 is 10.5 Å². The van der Waals surface area contributed by atoms with Gasteiger partial charge in [-0.2, -0.15) is 8.42 Å². The molecule has 1 N–H and O–H groups in total. The van der Waals surface area contributed by atoms with Crippen LogP contribution in [0, 0.1) is 0 Å². The van der Waals surface area contributed by atoms with Crippen LogP contribution in [-0.2, 0) is 20.1 Å². The number of nitrogens with zero attached hydrogens (tertiary/aromatic N) is 1. The quantitative estimate of drug-likeness (QED) is 0.658. The van der Waals surface area contributed by atoms with Crippen molar-refractivity contribution < 1.29 is 30.6 Å². The predicted octanol–water partition coefficient (Wildman–Crippen LogP) is 0.941. The standard InChI is InChI=1S/C12H9FN2O6S/c13-22(18,19)21-8-3-1-2-6-10(15-20-11(6)8)7-4-5-9(16)14-12(7)17/h1-3,7H,4-5H2,(H,14,16,17). The molecule has 22 heavy (non-hydrogen) atoms. The molecule has 0 bridgehead atoms. The molecule has 1 aliphatic rings. The Morgan fingerprint density at radius 3 is 2.82 bits per heavy atom. The van der Waals surface area contributed by atoms with E-state index in [1.54, 1.807) is 0 Å². The number of halogens is 1. The highest BCUT2D eigenvalue weighted by Gasteiger charge is 2.32. The highest BCUT2D eigenvalue weighted by Crippen LogP contribution is 2.34. The summed E-state index contributed by atoms with van der Waals surface area (Å²) in [6.45, 7) is 0. The Kier molecular flexibility index (Phi) is 3.32. The third kappa shape index (κ3) is 2.64. The summed E-state index contributed by atoms with van der Waals surface area (Å²) in [7, 11) is -5.21. The molecule has 1 aromatic heterocycles. The summed E-state index contributed by atoms with van der Waals surface area (Å²) in [4.78, 5) is 23.0. The van der Waals surface area contributed by atoms with Gasteiger partial charge in [-0.1, -0.05) is 15.1 Å². The number of imide groups is 1. The normalized spacial score (nSPS) is 19.2. The molecule has 1 aliphatic heterocycles. The lowest BCUT2D eigenvalue weighted by Crippen LogP contribution is -2.39. The fraction of sp³-hybridized carbons (Fsp3) is 0.250. The van der Waals surface area contributed by atoms with Crippen LogP contribution in [-0.4, -0.2) is 25.4 Å². The number of hydrogen-bond donors (Lipinski definition) is 1. The SMILES string of the molecule is O=C1CCC(c2noc3c(OS(=O)(=O)F)cccc23)C(=O)N1. The van der Waals surface area contributed by atoms with Crippen molar-refractivity contribution in [2.75, 3.05) is 0 Å². The second kappa shape index (κ2) is 5.05. The number of rotatable bonds is 3. The fourth-order valence-corrected chi connectivity index (χ4v) is 2.68. The molecule has 2 amide bonds. The van der Waals surface area contributed by atoms with E-state index in [0.717, 1.165) is 0 Å². The summed E-state index contributed by atoms with van der Waals surface area (Å²) in [6.07, 6.45) is 0.401. The summed E-state index contributed by atoms with van der Waals surface area (Å²) in [6, 6.07) is 4.14. The molecule has 1 unspecified atom stereocenters. The summed E-state index contributed by atoms with van der Waals surface area (Å²) < 4.78 is 43.0. The topological polar surface area (TPSA) is 116 Å². The first-order valence-electron chi connectivity index (χ1n) is 6.21. The molecule has 0 radical (unpaired) electrons. The number of carbonyl (C=O) groups is 2. The van der Waals surface area contributed by atoms with Gasteiger partial charge in [-0.15, -0.1) is 0 Å². The Hall–Kier alpha value is -2.49. The van der Waals surface area contributed by atoms with Gasteiger partial charge in [0.2, 0.25) is 17.4 Å². The van der Waals surface area contributed by atoms with Gasteiger partial charge in [-0.25, -0.2) is 0 Å². The first kappa shape index (κ1) is 14.4. The van der Waals surface area contributed by atoms with Crippen LogP contribution in [0.15, 0.2) is 22.7 Å². The molecule has 8 nitrogen and oxygen atoms in total. The van der Waals surface area contributed by atoms with Crippen LogP contribution in [0.5, 0.6) is 5.75 Å². The Balaban J connectivity index is 2.04. The average molecular weight is 328 g/mol. The van der Waals surface area contributed by atoms with Crippen molar-refractivity contribution >= 4 is 33.3 Å². The van der Waals surface area contributed by atoms with Crippen molar-refractivity contribution in [3.63, 3.8) is 0 Å². The predicted molar refractivity (Wildman–Crippen MR) is 69.8 cm³/mol. The lowest BCUT2D eigenvalue weighted by atomic mass is 9.93. The Morgan fingerprint density at radius 1 is 1.36 bits per heavy atom. The number of para-hydroxylation sites is 1. The molecule has 10 heteroatoms. The van der Waals surface area contributed by atoms with Gasteiger partial charge in [0, 0.05) is 11.8 Å². The van der Waals surface area contributed by atoms with E-state index in [0.29, 0.717) is 5.39 Å². The Bertz CT molecular complexity index is 875. The maximum absolute atomic E-state index is 12.7. The lowest BCUT2D eigenvalue weighted by Gasteiger charge is -2.18. The summed E-state index contributed by atoms with van der Waals surface area (Å²) in [5, 5.41) is 6.24. The van der Waals surface area contributed by atoms with Crippen molar-refractivity contribution in [1.82, 2.24) is 10.5 Å². The van der Waals surface area contributed by atoms with Crippen LogP contribution in [0.3, 0.4) is 0 Å². The maximum atomic E-state index is 12.7. The molecule has 0 aliphatic carbocycles. The zero-order valence-electron chi connectivity index (χ0n) is 10.9. The summed E-state index contributed by atoms with van der Waals surface area (Å²) in [5.41, 5.74) is 0.144. The van der Waals surface area contributed by atoms with Crippen molar-refractivity contribution in [3.8, 4) is 5.75 Å². The first-order valence-corrected chi connectivity index (χ1v) is 7.52. The average Bonchev–Trinajstić information content (AvgIpc) is 2.82. The molecule has 0 spiro atoms. The summed E-state index contributed by atoms with van der Waals surface area (Å²) >= 11 is 0. The van der Waals surface area contributed by atoms with Gasteiger partial charge in [-0.05, 0) is 18.6 Å². The number of carbonyl (C=O) groups excluding carboxylic acids is 2. The monoisotopic (exact) mass is 328 g/mol. The number of amides is 2. The first-order chi connectivity index (χ1) is 10.3. The van der Waals surface area contributed by atoms with E-state index in [-0.39, 0.29) is 35.8 Å². The highest BCUT2D eigenvalue weighted by atomic mass is 32.3. The van der Waals surface area contributed by atoms with Crippen LogP contribution < -0.4 is 9.50 Å². The van der Waals surface area contributed by atoms with E-state index in [1.807, 2.05) is 0 Å². The maximum Gasteiger partial charge on any atom is 0.488 e. The number of piperidine rings is 1. The van der Waals surface area contributed by atoms with E-state index < -0.39 is 22.3 Å². The van der Waals surface area contributed by atoms with Crippen LogP contribution in [0.1, 0.15) is 24.5 Å². The summed E-state index contributed by atoms with van der Waals surface area (Å²) in [5.74, 6) is -1.97. The Labute approximate surface area is 123 Å². The number of aromatic nitrogens is 1. The third-order valence-electron chi connectivity index (χ3n) is 3.25. The zero-order valence-corrected chi connectivity index (χ0v) is 11.7. The highest BCUT2D eigenvalue weighted by molar-refractivity contribution is 7.81. The van der Waals surface area contributed by atoms with E-state index >= 15 is 0 Å². The molecule has 1 saturated heterocycles. The minimum Gasteiger partial charge on any atom is -0.354 e. The second-order valence-electron chi connectivity index (χ2n) is 4.68. The van der Waals surface area contributed by atoms with E-state index in [9.17, 15) is 21.9 Å². The second-order valence-corrected chi connectivity index (χ2v) is 5.63. The van der Waals surface area contributed by atoms with Crippen molar-refractivity contribution in [2.24, 2.45) is 0 Å².